The fraction of sp³-hybridized carbons (Fsp3) is 0.857. The molecule has 0 aromatic carbocycles. The second-order valence-electron chi connectivity index (χ2n) is 5.84. The van der Waals surface area contributed by atoms with Gasteiger partial charge in [0, 0.05) is 39.3 Å². The highest BCUT2D eigenvalue weighted by Crippen LogP contribution is 2.25. The Morgan fingerprint density at radius 3 is 2.68 bits per heavy atom. The molecule has 0 bridgehead atoms. The van der Waals surface area contributed by atoms with Crippen LogP contribution in [0, 0.1) is 5.92 Å². The Balaban J connectivity index is 1.67. The molecule has 3 rings (SSSR count). The Morgan fingerprint density at radius 1 is 1.11 bits per heavy atom. The number of carbonyl (C=O) groups excluding carboxylic acids is 2. The van der Waals surface area contributed by atoms with E-state index in [9.17, 15) is 9.59 Å². The third-order valence-electron chi connectivity index (χ3n) is 4.58. The smallest absolute Gasteiger partial charge is 0.245 e. The van der Waals surface area contributed by atoms with E-state index in [-0.39, 0.29) is 17.9 Å². The first kappa shape index (κ1) is 12.9. The normalized spacial score (nSPS) is 29.6. The highest BCUT2D eigenvalue weighted by Gasteiger charge is 2.39. The van der Waals surface area contributed by atoms with Crippen molar-refractivity contribution >= 4 is 11.8 Å². The zero-order valence-electron chi connectivity index (χ0n) is 11.3. The Labute approximate surface area is 113 Å². The predicted octanol–water partition coefficient (Wildman–Crippen LogP) is 0.636. The number of fused-ring (bicyclic) bond motifs is 1. The summed E-state index contributed by atoms with van der Waals surface area (Å²) in [4.78, 5) is 28.3. The van der Waals surface area contributed by atoms with Crippen molar-refractivity contribution in [2.24, 2.45) is 5.92 Å². The summed E-state index contributed by atoms with van der Waals surface area (Å²) in [6.07, 6.45) is 4.37. The Bertz CT molecular complexity index is 366. The van der Waals surface area contributed by atoms with Gasteiger partial charge in [0.2, 0.25) is 11.8 Å². The number of rotatable bonds is 2. The first-order valence-corrected chi connectivity index (χ1v) is 7.41. The summed E-state index contributed by atoms with van der Waals surface area (Å²) < 4.78 is 5.36. The molecule has 1 unspecified atom stereocenters. The minimum Gasteiger partial charge on any atom is -0.381 e. The van der Waals surface area contributed by atoms with Gasteiger partial charge in [-0.05, 0) is 31.6 Å². The zero-order chi connectivity index (χ0) is 13.2. The number of carbonyl (C=O) groups is 2. The highest BCUT2D eigenvalue weighted by atomic mass is 16.5. The van der Waals surface area contributed by atoms with E-state index in [1.807, 2.05) is 4.90 Å². The van der Waals surface area contributed by atoms with Crippen LogP contribution in [0.5, 0.6) is 0 Å². The van der Waals surface area contributed by atoms with E-state index in [4.69, 9.17) is 4.74 Å². The van der Waals surface area contributed by atoms with Crippen molar-refractivity contribution in [3.05, 3.63) is 0 Å². The van der Waals surface area contributed by atoms with Crippen molar-refractivity contribution in [3.63, 3.8) is 0 Å². The van der Waals surface area contributed by atoms with Gasteiger partial charge in [0.15, 0.2) is 0 Å². The van der Waals surface area contributed by atoms with Gasteiger partial charge in [-0.2, -0.15) is 0 Å². The van der Waals surface area contributed by atoms with Crippen LogP contribution in [-0.4, -0.2) is 60.5 Å². The molecular formula is C14H22N2O3. The topological polar surface area (TPSA) is 49.9 Å². The number of hydrogen-bond acceptors (Lipinski definition) is 3. The third-order valence-corrected chi connectivity index (χ3v) is 4.58. The second-order valence-corrected chi connectivity index (χ2v) is 5.84. The summed E-state index contributed by atoms with van der Waals surface area (Å²) in [5.74, 6) is 0.876. The van der Waals surface area contributed by atoms with Gasteiger partial charge in [0.25, 0.3) is 0 Å². The van der Waals surface area contributed by atoms with Gasteiger partial charge >= 0.3 is 0 Å². The number of nitrogens with zero attached hydrogens (tertiary/aromatic N) is 2. The molecule has 0 N–H and O–H groups in total. The standard InChI is InChI=1S/C14H22N2O3/c17-13-3-7-15(10-11-4-8-19-9-5-11)14(18)12-2-1-6-16(12)13/h11-12H,1-10H2. The van der Waals surface area contributed by atoms with E-state index < -0.39 is 0 Å². The molecule has 1 atom stereocenters. The molecule has 3 saturated heterocycles. The molecule has 3 aliphatic heterocycles. The molecule has 3 heterocycles. The molecule has 0 aliphatic carbocycles. The lowest BCUT2D eigenvalue weighted by atomic mass is 9.99. The van der Waals surface area contributed by atoms with E-state index in [0.717, 1.165) is 52.0 Å². The fourth-order valence-corrected chi connectivity index (χ4v) is 3.44. The van der Waals surface area contributed by atoms with Crippen LogP contribution in [0.1, 0.15) is 32.1 Å². The van der Waals surface area contributed by atoms with Gasteiger partial charge in [-0.15, -0.1) is 0 Å². The van der Waals surface area contributed by atoms with Crippen LogP contribution in [-0.2, 0) is 14.3 Å². The van der Waals surface area contributed by atoms with Crippen molar-refractivity contribution in [2.45, 2.75) is 38.1 Å². The molecule has 0 radical (unpaired) electrons. The van der Waals surface area contributed by atoms with Crippen LogP contribution in [0.25, 0.3) is 0 Å². The molecule has 5 heteroatoms. The maximum Gasteiger partial charge on any atom is 0.245 e. The molecule has 106 valence electrons. The largest absolute Gasteiger partial charge is 0.381 e. The summed E-state index contributed by atoms with van der Waals surface area (Å²) >= 11 is 0. The summed E-state index contributed by atoms with van der Waals surface area (Å²) in [7, 11) is 0. The average molecular weight is 266 g/mol. The fourth-order valence-electron chi connectivity index (χ4n) is 3.44. The second kappa shape index (κ2) is 5.49. The molecule has 5 nitrogen and oxygen atoms in total. The number of hydrogen-bond donors (Lipinski definition) is 0. The summed E-state index contributed by atoms with van der Waals surface area (Å²) in [6, 6.07) is -0.171. The Hall–Kier alpha value is -1.10. The van der Waals surface area contributed by atoms with Crippen molar-refractivity contribution in [1.29, 1.82) is 0 Å². The van der Waals surface area contributed by atoms with E-state index in [2.05, 4.69) is 0 Å². The molecule has 0 saturated carbocycles. The summed E-state index contributed by atoms with van der Waals surface area (Å²) in [6.45, 7) is 3.78. The van der Waals surface area contributed by atoms with Crippen LogP contribution in [0.2, 0.25) is 0 Å². The van der Waals surface area contributed by atoms with Crippen LogP contribution in [0.3, 0.4) is 0 Å². The highest BCUT2D eigenvalue weighted by molar-refractivity contribution is 5.90. The zero-order valence-corrected chi connectivity index (χ0v) is 11.3. The van der Waals surface area contributed by atoms with Crippen LogP contribution < -0.4 is 0 Å². The molecule has 0 aromatic rings. The number of ether oxygens (including phenoxy) is 1. The monoisotopic (exact) mass is 266 g/mol. The lowest BCUT2D eigenvalue weighted by Gasteiger charge is -2.30. The SMILES string of the molecule is O=C1C2CCCN2C(=O)CCN1CC1CCOCC1. The molecule has 3 aliphatic rings. The third kappa shape index (κ3) is 2.61. The van der Waals surface area contributed by atoms with Gasteiger partial charge in [-0.1, -0.05) is 0 Å². The maximum atomic E-state index is 12.5. The number of amides is 2. The van der Waals surface area contributed by atoms with Gasteiger partial charge in [-0.3, -0.25) is 9.59 Å². The van der Waals surface area contributed by atoms with E-state index in [0.29, 0.717) is 18.9 Å². The first-order chi connectivity index (χ1) is 9.25. The van der Waals surface area contributed by atoms with Crippen molar-refractivity contribution < 1.29 is 14.3 Å². The predicted molar refractivity (Wildman–Crippen MR) is 69.5 cm³/mol. The van der Waals surface area contributed by atoms with Crippen LogP contribution in [0.15, 0.2) is 0 Å². The van der Waals surface area contributed by atoms with Crippen LogP contribution in [0.4, 0.5) is 0 Å². The lowest BCUT2D eigenvalue weighted by molar-refractivity contribution is -0.139. The van der Waals surface area contributed by atoms with Crippen molar-refractivity contribution in [2.75, 3.05) is 32.8 Å². The lowest BCUT2D eigenvalue weighted by Crippen LogP contribution is -2.45. The minimum atomic E-state index is -0.171. The van der Waals surface area contributed by atoms with E-state index >= 15 is 0 Å². The molecular weight excluding hydrogens is 244 g/mol. The molecule has 0 spiro atoms. The molecule has 3 fully saturated rings. The molecule has 19 heavy (non-hydrogen) atoms. The van der Waals surface area contributed by atoms with Gasteiger partial charge in [-0.25, -0.2) is 0 Å². The summed E-state index contributed by atoms with van der Waals surface area (Å²) in [5, 5.41) is 0. The molecule has 2 amide bonds. The van der Waals surface area contributed by atoms with E-state index in [1.165, 1.54) is 0 Å². The van der Waals surface area contributed by atoms with Crippen molar-refractivity contribution in [1.82, 2.24) is 9.80 Å². The van der Waals surface area contributed by atoms with Crippen LogP contribution >= 0.6 is 0 Å². The average Bonchev–Trinajstić information content (AvgIpc) is 2.89. The first-order valence-electron chi connectivity index (χ1n) is 7.41. The maximum absolute atomic E-state index is 12.5. The Morgan fingerprint density at radius 2 is 1.89 bits per heavy atom. The minimum absolute atomic E-state index is 0.158. The summed E-state index contributed by atoms with van der Waals surface area (Å²) in [5.41, 5.74) is 0. The molecule has 0 aromatic heterocycles. The van der Waals surface area contributed by atoms with Gasteiger partial charge < -0.3 is 14.5 Å². The van der Waals surface area contributed by atoms with E-state index in [1.54, 1.807) is 4.90 Å². The quantitative estimate of drug-likeness (QED) is 0.737. The van der Waals surface area contributed by atoms with Gasteiger partial charge in [0.05, 0.1) is 0 Å². The van der Waals surface area contributed by atoms with Crippen molar-refractivity contribution in [3.8, 4) is 0 Å². The Kier molecular flexibility index (Phi) is 3.73. The van der Waals surface area contributed by atoms with Gasteiger partial charge in [0.1, 0.15) is 6.04 Å².